The molecule has 1 amide bonds. The lowest BCUT2D eigenvalue weighted by molar-refractivity contribution is 0.102. The van der Waals surface area contributed by atoms with Crippen molar-refractivity contribution in [3.63, 3.8) is 0 Å². The van der Waals surface area contributed by atoms with E-state index in [4.69, 9.17) is 4.74 Å². The highest BCUT2D eigenvalue weighted by atomic mass is 79.9. The Kier molecular flexibility index (Phi) is 3.94. The summed E-state index contributed by atoms with van der Waals surface area (Å²) in [5.41, 5.74) is 1.22. The molecular formula is C13H11BrN2O2. The number of halogens is 1. The summed E-state index contributed by atoms with van der Waals surface area (Å²) in [5.74, 6) is 0.554. The van der Waals surface area contributed by atoms with Gasteiger partial charge in [0.2, 0.25) is 0 Å². The quantitative estimate of drug-likeness (QED) is 0.887. The van der Waals surface area contributed by atoms with Crippen molar-refractivity contribution in [3.05, 3.63) is 52.8 Å². The molecule has 2 aromatic rings. The third-order valence-electron chi connectivity index (χ3n) is 2.34. The highest BCUT2D eigenvalue weighted by Gasteiger charge is 2.06. The first-order chi connectivity index (χ1) is 8.69. The summed E-state index contributed by atoms with van der Waals surface area (Å²) in [6, 6.07) is 10.6. The second-order valence-electron chi connectivity index (χ2n) is 3.55. The molecule has 0 saturated heterocycles. The van der Waals surface area contributed by atoms with Crippen LogP contribution in [0.2, 0.25) is 0 Å². The van der Waals surface area contributed by atoms with E-state index in [9.17, 15) is 4.79 Å². The maximum atomic E-state index is 11.9. The molecule has 2 rings (SSSR count). The summed E-state index contributed by atoms with van der Waals surface area (Å²) in [5, 5.41) is 2.78. The third-order valence-corrected chi connectivity index (χ3v) is 2.81. The molecule has 0 aliphatic carbocycles. The van der Waals surface area contributed by atoms with Crippen LogP contribution < -0.4 is 10.1 Å². The fraction of sp³-hybridized carbons (Fsp3) is 0.0769. The summed E-state index contributed by atoms with van der Waals surface area (Å²) in [6.07, 6.45) is 1.52. The summed E-state index contributed by atoms with van der Waals surface area (Å²) < 4.78 is 5.74. The van der Waals surface area contributed by atoms with Crippen LogP contribution in [0.15, 0.2) is 47.2 Å². The minimum atomic E-state index is -0.194. The number of amides is 1. The van der Waals surface area contributed by atoms with E-state index < -0.39 is 0 Å². The van der Waals surface area contributed by atoms with Crippen LogP contribution in [-0.4, -0.2) is 18.0 Å². The molecule has 0 radical (unpaired) electrons. The average Bonchev–Trinajstić information content (AvgIpc) is 2.40. The molecule has 0 aliphatic heterocycles. The van der Waals surface area contributed by atoms with Crippen molar-refractivity contribution in [2.75, 3.05) is 12.4 Å². The number of rotatable bonds is 3. The number of nitrogens with one attached hydrogen (secondary N) is 1. The van der Waals surface area contributed by atoms with E-state index in [0.29, 0.717) is 15.9 Å². The number of hydrogen-bond donors (Lipinski definition) is 1. The second kappa shape index (κ2) is 5.64. The van der Waals surface area contributed by atoms with E-state index in [1.54, 1.807) is 43.5 Å². The monoisotopic (exact) mass is 306 g/mol. The van der Waals surface area contributed by atoms with E-state index in [1.165, 1.54) is 6.20 Å². The standard InChI is InChI=1S/C13H11BrN2O2/c1-18-11-5-3-10(4-6-11)16-13(17)9-2-7-12(14)15-8-9/h2-8H,1H3,(H,16,17). The Morgan fingerprint density at radius 1 is 1.22 bits per heavy atom. The van der Waals surface area contributed by atoms with Gasteiger partial charge in [-0.2, -0.15) is 0 Å². The number of nitrogens with zero attached hydrogens (tertiary/aromatic N) is 1. The molecule has 5 heteroatoms. The third kappa shape index (κ3) is 3.07. The number of methoxy groups -OCH3 is 1. The van der Waals surface area contributed by atoms with Gasteiger partial charge in [0.05, 0.1) is 12.7 Å². The minimum Gasteiger partial charge on any atom is -0.497 e. The number of aromatic nitrogens is 1. The lowest BCUT2D eigenvalue weighted by Gasteiger charge is -2.06. The average molecular weight is 307 g/mol. The van der Waals surface area contributed by atoms with Gasteiger partial charge in [0.1, 0.15) is 10.4 Å². The van der Waals surface area contributed by atoms with Gasteiger partial charge in [-0.05, 0) is 52.3 Å². The van der Waals surface area contributed by atoms with Crippen molar-refractivity contribution in [2.24, 2.45) is 0 Å². The Bertz CT molecular complexity index is 538. The van der Waals surface area contributed by atoms with E-state index in [1.807, 2.05) is 0 Å². The Hall–Kier alpha value is -1.88. The molecule has 1 N–H and O–H groups in total. The fourth-order valence-corrected chi connectivity index (χ4v) is 1.62. The predicted octanol–water partition coefficient (Wildman–Crippen LogP) is 3.11. The van der Waals surface area contributed by atoms with Gasteiger partial charge in [0.15, 0.2) is 0 Å². The van der Waals surface area contributed by atoms with Crippen molar-refractivity contribution in [1.82, 2.24) is 4.98 Å². The van der Waals surface area contributed by atoms with Crippen LogP contribution in [0.5, 0.6) is 5.75 Å². The molecule has 1 heterocycles. The normalized spacial score (nSPS) is 9.89. The molecule has 1 aromatic carbocycles. The van der Waals surface area contributed by atoms with Crippen LogP contribution in [0.4, 0.5) is 5.69 Å². The first-order valence-electron chi connectivity index (χ1n) is 5.26. The molecule has 0 bridgehead atoms. The van der Waals surface area contributed by atoms with Crippen LogP contribution in [-0.2, 0) is 0 Å². The van der Waals surface area contributed by atoms with Gasteiger partial charge in [-0.3, -0.25) is 4.79 Å². The van der Waals surface area contributed by atoms with Crippen molar-refractivity contribution < 1.29 is 9.53 Å². The van der Waals surface area contributed by atoms with Gasteiger partial charge < -0.3 is 10.1 Å². The van der Waals surface area contributed by atoms with Crippen LogP contribution in [0.3, 0.4) is 0 Å². The van der Waals surface area contributed by atoms with Gasteiger partial charge >= 0.3 is 0 Å². The van der Waals surface area contributed by atoms with E-state index in [-0.39, 0.29) is 5.91 Å². The number of ether oxygens (including phenoxy) is 1. The molecule has 0 aliphatic rings. The molecular weight excluding hydrogens is 296 g/mol. The highest BCUT2D eigenvalue weighted by molar-refractivity contribution is 9.10. The van der Waals surface area contributed by atoms with Crippen molar-refractivity contribution in [2.45, 2.75) is 0 Å². The predicted molar refractivity (Wildman–Crippen MR) is 72.9 cm³/mol. The lowest BCUT2D eigenvalue weighted by atomic mass is 10.2. The van der Waals surface area contributed by atoms with Gasteiger partial charge in [-0.25, -0.2) is 4.98 Å². The van der Waals surface area contributed by atoms with Crippen molar-refractivity contribution >= 4 is 27.5 Å². The number of carbonyl (C=O) groups is 1. The molecule has 0 spiro atoms. The zero-order valence-electron chi connectivity index (χ0n) is 9.68. The molecule has 0 atom stereocenters. The first kappa shape index (κ1) is 12.6. The Morgan fingerprint density at radius 2 is 1.94 bits per heavy atom. The van der Waals surface area contributed by atoms with Crippen LogP contribution >= 0.6 is 15.9 Å². The summed E-state index contributed by atoms with van der Waals surface area (Å²) in [7, 11) is 1.60. The Balaban J connectivity index is 2.08. The van der Waals surface area contributed by atoms with Crippen LogP contribution in [0, 0.1) is 0 Å². The SMILES string of the molecule is COc1ccc(NC(=O)c2ccc(Br)nc2)cc1. The lowest BCUT2D eigenvalue weighted by Crippen LogP contribution is -2.11. The van der Waals surface area contributed by atoms with E-state index in [0.717, 1.165) is 5.75 Å². The van der Waals surface area contributed by atoms with Gasteiger partial charge in [0, 0.05) is 11.9 Å². The molecule has 1 aromatic heterocycles. The summed E-state index contributed by atoms with van der Waals surface area (Å²) in [6.45, 7) is 0. The largest absolute Gasteiger partial charge is 0.497 e. The molecule has 4 nitrogen and oxygen atoms in total. The Labute approximate surface area is 113 Å². The van der Waals surface area contributed by atoms with Gasteiger partial charge in [-0.1, -0.05) is 0 Å². The molecule has 0 saturated carbocycles. The zero-order chi connectivity index (χ0) is 13.0. The number of carbonyl (C=O) groups excluding carboxylic acids is 1. The first-order valence-corrected chi connectivity index (χ1v) is 6.05. The molecule has 0 fully saturated rings. The maximum Gasteiger partial charge on any atom is 0.257 e. The number of pyridine rings is 1. The summed E-state index contributed by atoms with van der Waals surface area (Å²) >= 11 is 3.22. The van der Waals surface area contributed by atoms with Gasteiger partial charge in [0.25, 0.3) is 5.91 Å². The second-order valence-corrected chi connectivity index (χ2v) is 4.36. The van der Waals surface area contributed by atoms with E-state index in [2.05, 4.69) is 26.2 Å². The number of hydrogen-bond acceptors (Lipinski definition) is 3. The molecule has 92 valence electrons. The number of benzene rings is 1. The molecule has 18 heavy (non-hydrogen) atoms. The van der Waals surface area contributed by atoms with Crippen molar-refractivity contribution in [3.8, 4) is 5.75 Å². The van der Waals surface area contributed by atoms with E-state index >= 15 is 0 Å². The zero-order valence-corrected chi connectivity index (χ0v) is 11.3. The van der Waals surface area contributed by atoms with Crippen LogP contribution in [0.25, 0.3) is 0 Å². The smallest absolute Gasteiger partial charge is 0.257 e. The maximum absolute atomic E-state index is 11.9. The topological polar surface area (TPSA) is 51.2 Å². The minimum absolute atomic E-state index is 0.194. The summed E-state index contributed by atoms with van der Waals surface area (Å²) in [4.78, 5) is 15.9. The number of anilines is 1. The molecule has 0 unspecified atom stereocenters. The van der Waals surface area contributed by atoms with Gasteiger partial charge in [-0.15, -0.1) is 0 Å². The van der Waals surface area contributed by atoms with Crippen LogP contribution in [0.1, 0.15) is 10.4 Å². The van der Waals surface area contributed by atoms with Crippen molar-refractivity contribution in [1.29, 1.82) is 0 Å². The highest BCUT2D eigenvalue weighted by Crippen LogP contribution is 2.16. The Morgan fingerprint density at radius 3 is 2.50 bits per heavy atom. The fourth-order valence-electron chi connectivity index (χ4n) is 1.39.